The number of likely N-dealkylation sites (tertiary alicyclic amines) is 1. The summed E-state index contributed by atoms with van der Waals surface area (Å²) in [6.45, 7) is 14.3. The number of hydrogen-bond acceptors (Lipinski definition) is 3. The average molecular weight is 374 g/mol. The van der Waals surface area contributed by atoms with E-state index in [1.807, 2.05) is 7.05 Å². The number of hydrogen-bond donors (Lipinski definition) is 2. The van der Waals surface area contributed by atoms with E-state index in [1.54, 1.807) is 0 Å². The van der Waals surface area contributed by atoms with Crippen molar-refractivity contribution in [2.75, 3.05) is 39.8 Å². The van der Waals surface area contributed by atoms with Crippen molar-refractivity contribution in [2.45, 2.75) is 59.2 Å². The van der Waals surface area contributed by atoms with Crippen molar-refractivity contribution < 1.29 is 0 Å². The third-order valence-corrected chi connectivity index (χ3v) is 5.44. The molecule has 1 aliphatic heterocycles. The van der Waals surface area contributed by atoms with Crippen molar-refractivity contribution in [3.8, 4) is 0 Å². The van der Waals surface area contributed by atoms with E-state index in [4.69, 9.17) is 0 Å². The van der Waals surface area contributed by atoms with Crippen LogP contribution in [0.3, 0.4) is 0 Å². The maximum atomic E-state index is 4.42. The van der Waals surface area contributed by atoms with E-state index in [9.17, 15) is 0 Å². The minimum atomic E-state index is 0.526. The summed E-state index contributed by atoms with van der Waals surface area (Å²) < 4.78 is 0. The predicted octanol–water partition coefficient (Wildman–Crippen LogP) is 3.07. The van der Waals surface area contributed by atoms with E-state index in [0.717, 1.165) is 32.1 Å². The Morgan fingerprint density at radius 1 is 1.15 bits per heavy atom. The summed E-state index contributed by atoms with van der Waals surface area (Å²) in [6.07, 6.45) is 3.63. The maximum Gasteiger partial charge on any atom is 0.191 e. The zero-order valence-electron chi connectivity index (χ0n) is 17.8. The standard InChI is InChI=1S/C22H39N5/c1-5-13-27-14-11-21(12-15-27)25-22(23-4)24-17-19-9-8-10-20(16-19)18-26(6-2)7-3/h8-10,16,21H,5-7,11-15,17-18H2,1-4H3,(H2,23,24,25). The Morgan fingerprint density at radius 2 is 1.85 bits per heavy atom. The SMILES string of the molecule is CCCN1CCC(NC(=NC)NCc2cccc(CN(CC)CC)c2)CC1. The van der Waals surface area contributed by atoms with Gasteiger partial charge in [-0.15, -0.1) is 0 Å². The molecule has 27 heavy (non-hydrogen) atoms. The van der Waals surface area contributed by atoms with Crippen LogP contribution in [0, 0.1) is 0 Å². The first-order chi connectivity index (χ1) is 13.2. The molecular weight excluding hydrogens is 334 g/mol. The van der Waals surface area contributed by atoms with E-state index in [2.05, 4.69) is 70.5 Å². The average Bonchev–Trinajstić information content (AvgIpc) is 2.71. The summed E-state index contributed by atoms with van der Waals surface area (Å²) in [5.41, 5.74) is 2.68. The van der Waals surface area contributed by atoms with Crippen LogP contribution < -0.4 is 10.6 Å². The van der Waals surface area contributed by atoms with Crippen molar-refractivity contribution in [3.05, 3.63) is 35.4 Å². The molecule has 1 saturated heterocycles. The van der Waals surface area contributed by atoms with Crippen LogP contribution in [0.1, 0.15) is 51.2 Å². The van der Waals surface area contributed by atoms with Gasteiger partial charge in [0, 0.05) is 39.3 Å². The minimum absolute atomic E-state index is 0.526. The van der Waals surface area contributed by atoms with Gasteiger partial charge >= 0.3 is 0 Å². The summed E-state index contributed by atoms with van der Waals surface area (Å²) in [5.74, 6) is 0.915. The van der Waals surface area contributed by atoms with Crippen molar-refractivity contribution in [1.82, 2.24) is 20.4 Å². The number of nitrogens with zero attached hydrogens (tertiary/aromatic N) is 3. The second-order valence-electron chi connectivity index (χ2n) is 7.47. The monoisotopic (exact) mass is 373 g/mol. The van der Waals surface area contributed by atoms with Crippen LogP contribution in [0.25, 0.3) is 0 Å². The molecule has 2 N–H and O–H groups in total. The number of guanidine groups is 1. The van der Waals surface area contributed by atoms with Gasteiger partial charge in [-0.2, -0.15) is 0 Å². The lowest BCUT2D eigenvalue weighted by molar-refractivity contribution is 0.206. The largest absolute Gasteiger partial charge is 0.354 e. The van der Waals surface area contributed by atoms with Crippen molar-refractivity contribution in [2.24, 2.45) is 4.99 Å². The molecule has 5 heteroatoms. The number of piperidine rings is 1. The fourth-order valence-electron chi connectivity index (χ4n) is 3.73. The quantitative estimate of drug-likeness (QED) is 0.516. The van der Waals surface area contributed by atoms with Gasteiger partial charge in [0.1, 0.15) is 0 Å². The number of aliphatic imine (C=N–C) groups is 1. The first-order valence-corrected chi connectivity index (χ1v) is 10.7. The number of nitrogens with one attached hydrogen (secondary N) is 2. The second kappa shape index (κ2) is 12.0. The molecule has 0 saturated carbocycles. The molecule has 0 bridgehead atoms. The molecule has 0 atom stereocenters. The lowest BCUT2D eigenvalue weighted by atomic mass is 10.1. The molecule has 1 aliphatic rings. The van der Waals surface area contributed by atoms with Crippen molar-refractivity contribution in [3.63, 3.8) is 0 Å². The molecule has 1 aromatic carbocycles. The molecule has 0 aliphatic carbocycles. The molecule has 152 valence electrons. The highest BCUT2D eigenvalue weighted by Gasteiger charge is 2.19. The molecule has 1 fully saturated rings. The molecule has 1 aromatic rings. The normalized spacial score (nSPS) is 16.7. The predicted molar refractivity (Wildman–Crippen MR) is 116 cm³/mol. The maximum absolute atomic E-state index is 4.42. The lowest BCUT2D eigenvalue weighted by Crippen LogP contribution is -2.48. The topological polar surface area (TPSA) is 42.9 Å². The molecule has 0 unspecified atom stereocenters. The zero-order valence-corrected chi connectivity index (χ0v) is 17.8. The fraction of sp³-hybridized carbons (Fsp3) is 0.682. The second-order valence-corrected chi connectivity index (χ2v) is 7.47. The third kappa shape index (κ3) is 7.51. The highest BCUT2D eigenvalue weighted by Crippen LogP contribution is 2.11. The van der Waals surface area contributed by atoms with Gasteiger partial charge < -0.3 is 15.5 Å². The van der Waals surface area contributed by atoms with E-state index >= 15 is 0 Å². The molecule has 0 spiro atoms. The van der Waals surface area contributed by atoms with Gasteiger partial charge in [0.2, 0.25) is 0 Å². The summed E-state index contributed by atoms with van der Waals surface area (Å²) in [4.78, 5) is 9.43. The van der Waals surface area contributed by atoms with Crippen LogP contribution in [0.15, 0.2) is 29.3 Å². The molecule has 1 heterocycles. The van der Waals surface area contributed by atoms with Gasteiger partial charge in [-0.3, -0.25) is 9.89 Å². The molecule has 5 nitrogen and oxygen atoms in total. The van der Waals surface area contributed by atoms with Crippen molar-refractivity contribution >= 4 is 5.96 Å². The molecule has 0 aromatic heterocycles. The Labute approximate surface area is 166 Å². The van der Waals surface area contributed by atoms with Gasteiger partial charge in [0.15, 0.2) is 5.96 Å². The van der Waals surface area contributed by atoms with E-state index in [1.165, 1.54) is 50.0 Å². The minimum Gasteiger partial charge on any atom is -0.354 e. The van der Waals surface area contributed by atoms with Crippen LogP contribution >= 0.6 is 0 Å². The van der Waals surface area contributed by atoms with Crippen LogP contribution in [0.4, 0.5) is 0 Å². The molecule has 0 amide bonds. The lowest BCUT2D eigenvalue weighted by Gasteiger charge is -2.32. The van der Waals surface area contributed by atoms with Gasteiger partial charge in [-0.25, -0.2) is 0 Å². The summed E-state index contributed by atoms with van der Waals surface area (Å²) in [7, 11) is 1.86. The van der Waals surface area contributed by atoms with E-state index < -0.39 is 0 Å². The Morgan fingerprint density at radius 3 is 2.48 bits per heavy atom. The van der Waals surface area contributed by atoms with Crippen LogP contribution in [0.2, 0.25) is 0 Å². The van der Waals surface area contributed by atoms with E-state index in [0.29, 0.717) is 6.04 Å². The van der Waals surface area contributed by atoms with Crippen molar-refractivity contribution in [1.29, 1.82) is 0 Å². The first-order valence-electron chi connectivity index (χ1n) is 10.7. The van der Waals surface area contributed by atoms with Gasteiger partial charge in [-0.05, 0) is 50.0 Å². The molecular formula is C22H39N5. The smallest absolute Gasteiger partial charge is 0.191 e. The Hall–Kier alpha value is -1.59. The number of benzene rings is 1. The van der Waals surface area contributed by atoms with Crippen LogP contribution in [0.5, 0.6) is 0 Å². The number of rotatable bonds is 9. The molecule has 2 rings (SSSR count). The Kier molecular flexibility index (Phi) is 9.64. The van der Waals surface area contributed by atoms with Crippen LogP contribution in [-0.2, 0) is 13.1 Å². The summed E-state index contributed by atoms with van der Waals surface area (Å²) >= 11 is 0. The van der Waals surface area contributed by atoms with E-state index in [-0.39, 0.29) is 0 Å². The highest BCUT2D eigenvalue weighted by molar-refractivity contribution is 5.79. The highest BCUT2D eigenvalue weighted by atomic mass is 15.2. The van der Waals surface area contributed by atoms with Crippen LogP contribution in [-0.4, -0.2) is 61.6 Å². The Bertz CT molecular complexity index is 560. The third-order valence-electron chi connectivity index (χ3n) is 5.44. The molecule has 0 radical (unpaired) electrons. The zero-order chi connectivity index (χ0) is 19.5. The fourth-order valence-corrected chi connectivity index (χ4v) is 3.73. The first kappa shape index (κ1) is 21.7. The summed E-state index contributed by atoms with van der Waals surface area (Å²) in [5, 5.41) is 7.10. The van der Waals surface area contributed by atoms with Gasteiger partial charge in [0.05, 0.1) is 0 Å². The van der Waals surface area contributed by atoms with Gasteiger partial charge in [0.25, 0.3) is 0 Å². The summed E-state index contributed by atoms with van der Waals surface area (Å²) in [6, 6.07) is 9.41. The van der Waals surface area contributed by atoms with Gasteiger partial charge in [-0.1, -0.05) is 45.0 Å². The Balaban J connectivity index is 1.80.